The molecule has 1 N–H and O–H groups in total. The van der Waals surface area contributed by atoms with Crippen LogP contribution in [0, 0.1) is 13.8 Å². The summed E-state index contributed by atoms with van der Waals surface area (Å²) in [4.78, 5) is -0.00279. The van der Waals surface area contributed by atoms with Gasteiger partial charge in [-0.05, 0) is 38.1 Å². The zero-order valence-electron chi connectivity index (χ0n) is 13.4. The van der Waals surface area contributed by atoms with Gasteiger partial charge in [-0.1, -0.05) is 35.4 Å². The SMILES string of the molecule is Cc1ccc(NS(=O)(=O)CCOS(=O)(=O)c2ccc(C)cc2)cc1. The molecule has 0 saturated carbocycles. The summed E-state index contributed by atoms with van der Waals surface area (Å²) in [5, 5.41) is 0. The maximum absolute atomic E-state index is 12.0. The molecule has 0 fully saturated rings. The van der Waals surface area contributed by atoms with Crippen molar-refractivity contribution in [3.63, 3.8) is 0 Å². The minimum Gasteiger partial charge on any atom is -0.283 e. The number of anilines is 1. The minimum absolute atomic E-state index is 0.00279. The number of hydrogen-bond donors (Lipinski definition) is 1. The van der Waals surface area contributed by atoms with Crippen LogP contribution in [-0.2, 0) is 24.3 Å². The maximum atomic E-state index is 12.0. The second kappa shape index (κ2) is 7.33. The fourth-order valence-electron chi connectivity index (χ4n) is 1.88. The van der Waals surface area contributed by atoms with Crippen LogP contribution in [0.4, 0.5) is 5.69 Å². The number of benzene rings is 2. The smallest absolute Gasteiger partial charge is 0.283 e. The first-order chi connectivity index (χ1) is 11.2. The highest BCUT2D eigenvalue weighted by Gasteiger charge is 2.17. The fourth-order valence-corrected chi connectivity index (χ4v) is 3.79. The molecule has 8 heteroatoms. The molecule has 0 amide bonds. The van der Waals surface area contributed by atoms with Gasteiger partial charge in [0.2, 0.25) is 10.0 Å². The minimum atomic E-state index is -3.97. The van der Waals surface area contributed by atoms with Gasteiger partial charge in [-0.3, -0.25) is 8.91 Å². The highest BCUT2D eigenvalue weighted by Crippen LogP contribution is 2.14. The van der Waals surface area contributed by atoms with Gasteiger partial charge < -0.3 is 0 Å². The van der Waals surface area contributed by atoms with Gasteiger partial charge in [-0.2, -0.15) is 8.42 Å². The van der Waals surface area contributed by atoms with E-state index >= 15 is 0 Å². The molecule has 0 heterocycles. The summed E-state index contributed by atoms with van der Waals surface area (Å²) in [6.45, 7) is 3.26. The average molecular weight is 369 g/mol. The standard InChI is InChI=1S/C16H19NO5S2/c1-13-3-7-15(8-4-13)17-23(18,19)12-11-22-24(20,21)16-9-5-14(2)6-10-16/h3-10,17H,11-12H2,1-2H3. The molecular formula is C16H19NO5S2. The summed E-state index contributed by atoms with van der Waals surface area (Å²) >= 11 is 0. The van der Waals surface area contributed by atoms with Crippen LogP contribution in [0.3, 0.4) is 0 Å². The lowest BCUT2D eigenvalue weighted by Crippen LogP contribution is -2.21. The molecule has 0 saturated heterocycles. The van der Waals surface area contributed by atoms with E-state index in [1.54, 1.807) is 36.4 Å². The predicted octanol–water partition coefficient (Wildman–Crippen LogP) is 2.45. The summed E-state index contributed by atoms with van der Waals surface area (Å²) in [5.74, 6) is -0.466. The van der Waals surface area contributed by atoms with Crippen LogP contribution in [0.1, 0.15) is 11.1 Å². The lowest BCUT2D eigenvalue weighted by Gasteiger charge is -2.09. The molecule has 0 aliphatic heterocycles. The molecule has 0 bridgehead atoms. The quantitative estimate of drug-likeness (QED) is 0.757. The van der Waals surface area contributed by atoms with Gasteiger partial charge in [0, 0.05) is 5.69 Å². The topological polar surface area (TPSA) is 89.5 Å². The zero-order chi connectivity index (χ0) is 17.8. The first-order valence-electron chi connectivity index (χ1n) is 7.21. The molecule has 130 valence electrons. The third kappa shape index (κ3) is 5.33. The monoisotopic (exact) mass is 369 g/mol. The molecule has 0 unspecified atom stereocenters. The van der Waals surface area contributed by atoms with Crippen molar-refractivity contribution in [1.29, 1.82) is 0 Å². The van der Waals surface area contributed by atoms with Crippen molar-refractivity contribution in [3.8, 4) is 0 Å². The molecule has 0 atom stereocenters. The molecule has 2 aromatic carbocycles. The van der Waals surface area contributed by atoms with E-state index in [2.05, 4.69) is 4.72 Å². The summed E-state index contributed by atoms with van der Waals surface area (Å²) in [7, 11) is -7.67. The van der Waals surface area contributed by atoms with Crippen molar-refractivity contribution >= 4 is 25.8 Å². The Labute approximate surface area is 142 Å². The molecule has 0 aliphatic carbocycles. The summed E-state index contributed by atoms with van der Waals surface area (Å²) < 4.78 is 55.1. The first kappa shape index (κ1) is 18.4. The Morgan fingerprint density at radius 1 is 0.833 bits per heavy atom. The van der Waals surface area contributed by atoms with E-state index in [0.29, 0.717) is 5.69 Å². The molecular weight excluding hydrogens is 350 g/mol. The number of hydrogen-bond acceptors (Lipinski definition) is 5. The summed E-state index contributed by atoms with van der Waals surface area (Å²) in [6, 6.07) is 12.9. The van der Waals surface area contributed by atoms with Gasteiger partial charge >= 0.3 is 0 Å². The van der Waals surface area contributed by atoms with Crippen LogP contribution in [-0.4, -0.2) is 29.2 Å². The Kier molecular flexibility index (Phi) is 5.63. The van der Waals surface area contributed by atoms with Crippen LogP contribution in [0.2, 0.25) is 0 Å². The van der Waals surface area contributed by atoms with E-state index in [1.807, 2.05) is 13.8 Å². The van der Waals surface area contributed by atoms with E-state index in [0.717, 1.165) is 11.1 Å². The Balaban J connectivity index is 1.94. The molecule has 0 aliphatic rings. The average Bonchev–Trinajstić information content (AvgIpc) is 2.49. The Hall–Kier alpha value is -1.90. The van der Waals surface area contributed by atoms with E-state index in [4.69, 9.17) is 4.18 Å². The van der Waals surface area contributed by atoms with Crippen molar-refractivity contribution in [3.05, 3.63) is 59.7 Å². The highest BCUT2D eigenvalue weighted by atomic mass is 32.2. The van der Waals surface area contributed by atoms with E-state index in [-0.39, 0.29) is 4.90 Å². The Morgan fingerprint density at radius 2 is 1.33 bits per heavy atom. The number of nitrogens with one attached hydrogen (secondary N) is 1. The molecule has 2 rings (SSSR count). The number of sulfonamides is 1. The molecule has 0 aromatic heterocycles. The van der Waals surface area contributed by atoms with Gasteiger partial charge in [-0.25, -0.2) is 8.42 Å². The van der Waals surface area contributed by atoms with Crippen molar-refractivity contribution in [2.24, 2.45) is 0 Å². The van der Waals surface area contributed by atoms with Crippen LogP contribution in [0.5, 0.6) is 0 Å². The van der Waals surface area contributed by atoms with Gasteiger partial charge in [0.15, 0.2) is 0 Å². The predicted molar refractivity (Wildman–Crippen MR) is 92.9 cm³/mol. The fraction of sp³-hybridized carbons (Fsp3) is 0.250. The lowest BCUT2D eigenvalue weighted by atomic mass is 10.2. The Morgan fingerprint density at radius 3 is 1.88 bits per heavy atom. The van der Waals surface area contributed by atoms with Crippen molar-refractivity contribution in [2.45, 2.75) is 18.7 Å². The zero-order valence-corrected chi connectivity index (χ0v) is 15.0. The van der Waals surface area contributed by atoms with Crippen LogP contribution in [0.25, 0.3) is 0 Å². The normalized spacial score (nSPS) is 12.1. The van der Waals surface area contributed by atoms with Gasteiger partial charge in [-0.15, -0.1) is 0 Å². The molecule has 0 spiro atoms. The Bertz CT molecular complexity index is 886. The van der Waals surface area contributed by atoms with Gasteiger partial charge in [0.05, 0.1) is 17.3 Å². The van der Waals surface area contributed by atoms with Crippen molar-refractivity contribution < 1.29 is 21.0 Å². The largest absolute Gasteiger partial charge is 0.297 e. The number of aryl methyl sites for hydroxylation is 2. The van der Waals surface area contributed by atoms with Crippen molar-refractivity contribution in [1.82, 2.24) is 0 Å². The van der Waals surface area contributed by atoms with Crippen LogP contribution >= 0.6 is 0 Å². The van der Waals surface area contributed by atoms with Crippen LogP contribution < -0.4 is 4.72 Å². The number of rotatable bonds is 7. The first-order valence-corrected chi connectivity index (χ1v) is 10.3. The summed E-state index contributed by atoms with van der Waals surface area (Å²) in [5.41, 5.74) is 2.34. The van der Waals surface area contributed by atoms with E-state index in [1.165, 1.54) is 12.1 Å². The van der Waals surface area contributed by atoms with Gasteiger partial charge in [0.1, 0.15) is 0 Å². The lowest BCUT2D eigenvalue weighted by molar-refractivity contribution is 0.339. The molecule has 24 heavy (non-hydrogen) atoms. The molecule has 0 radical (unpaired) electrons. The van der Waals surface area contributed by atoms with Crippen molar-refractivity contribution in [2.75, 3.05) is 17.1 Å². The van der Waals surface area contributed by atoms with E-state index in [9.17, 15) is 16.8 Å². The molecule has 6 nitrogen and oxygen atoms in total. The highest BCUT2D eigenvalue weighted by molar-refractivity contribution is 7.92. The molecule has 2 aromatic rings. The maximum Gasteiger partial charge on any atom is 0.297 e. The third-order valence-electron chi connectivity index (χ3n) is 3.23. The third-order valence-corrected chi connectivity index (χ3v) is 5.80. The van der Waals surface area contributed by atoms with Gasteiger partial charge in [0.25, 0.3) is 10.1 Å². The second-order valence-corrected chi connectivity index (χ2v) is 8.83. The van der Waals surface area contributed by atoms with E-state index < -0.39 is 32.5 Å². The summed E-state index contributed by atoms with van der Waals surface area (Å²) in [6.07, 6.45) is 0. The second-order valence-electron chi connectivity index (χ2n) is 5.38. The van der Waals surface area contributed by atoms with Crippen LogP contribution in [0.15, 0.2) is 53.4 Å².